The highest BCUT2D eigenvalue weighted by Crippen LogP contribution is 2.27. The summed E-state index contributed by atoms with van der Waals surface area (Å²) >= 11 is 1.36. The van der Waals surface area contributed by atoms with Crippen LogP contribution >= 0.6 is 23.7 Å². The second-order valence-electron chi connectivity index (χ2n) is 5.71. The molecular weight excluding hydrogens is 364 g/mol. The van der Waals surface area contributed by atoms with E-state index in [0.717, 1.165) is 25.8 Å². The first-order valence-electron chi connectivity index (χ1n) is 7.95. The predicted octanol–water partition coefficient (Wildman–Crippen LogP) is 2.54. The van der Waals surface area contributed by atoms with E-state index in [1.807, 2.05) is 5.38 Å². The van der Waals surface area contributed by atoms with Crippen molar-refractivity contribution in [2.45, 2.75) is 38.8 Å². The van der Waals surface area contributed by atoms with Crippen molar-refractivity contribution in [3.63, 3.8) is 0 Å². The van der Waals surface area contributed by atoms with Gasteiger partial charge in [-0.2, -0.15) is 0 Å². The van der Waals surface area contributed by atoms with Gasteiger partial charge in [-0.3, -0.25) is 9.59 Å². The molecule has 2 amide bonds. The van der Waals surface area contributed by atoms with E-state index in [4.69, 9.17) is 4.42 Å². The third kappa shape index (κ3) is 5.29. The molecule has 7 nitrogen and oxygen atoms in total. The SMILES string of the molecule is CC(=O)NCc1ccc(-c2csc(NC(=O)C3CCCCN3)n2)o1.Cl. The lowest BCUT2D eigenvalue weighted by Crippen LogP contribution is -2.43. The van der Waals surface area contributed by atoms with Crippen molar-refractivity contribution in [1.82, 2.24) is 15.6 Å². The molecule has 1 fully saturated rings. The molecule has 0 radical (unpaired) electrons. The number of nitrogens with zero attached hydrogens (tertiary/aromatic N) is 1. The number of halogens is 1. The summed E-state index contributed by atoms with van der Waals surface area (Å²) in [5.41, 5.74) is 0.668. The molecule has 25 heavy (non-hydrogen) atoms. The highest BCUT2D eigenvalue weighted by molar-refractivity contribution is 7.14. The quantitative estimate of drug-likeness (QED) is 0.736. The van der Waals surface area contributed by atoms with Crippen LogP contribution < -0.4 is 16.0 Å². The summed E-state index contributed by atoms with van der Waals surface area (Å²) in [6.07, 6.45) is 3.04. The Bertz CT molecular complexity index is 725. The van der Waals surface area contributed by atoms with E-state index in [9.17, 15) is 9.59 Å². The van der Waals surface area contributed by atoms with Crippen LogP contribution in [0.3, 0.4) is 0 Å². The normalized spacial score (nSPS) is 16.8. The van der Waals surface area contributed by atoms with E-state index in [1.54, 1.807) is 12.1 Å². The van der Waals surface area contributed by atoms with Crippen LogP contribution in [-0.4, -0.2) is 29.4 Å². The second kappa shape index (κ2) is 8.98. The fourth-order valence-electron chi connectivity index (χ4n) is 2.53. The molecule has 0 spiro atoms. The fourth-order valence-corrected chi connectivity index (χ4v) is 3.24. The van der Waals surface area contributed by atoms with E-state index in [2.05, 4.69) is 20.9 Å². The topological polar surface area (TPSA) is 96.3 Å². The molecule has 3 N–H and O–H groups in total. The maximum atomic E-state index is 12.2. The van der Waals surface area contributed by atoms with Crippen molar-refractivity contribution < 1.29 is 14.0 Å². The Morgan fingerprint density at radius 1 is 1.40 bits per heavy atom. The molecule has 3 heterocycles. The van der Waals surface area contributed by atoms with Crippen molar-refractivity contribution in [3.8, 4) is 11.5 Å². The van der Waals surface area contributed by atoms with Gasteiger partial charge in [0.1, 0.15) is 11.5 Å². The number of aromatic nitrogens is 1. The molecule has 1 aliphatic heterocycles. The number of hydrogen-bond donors (Lipinski definition) is 3. The Labute approximate surface area is 156 Å². The van der Waals surface area contributed by atoms with Crippen LogP contribution in [0, 0.1) is 0 Å². The predicted molar refractivity (Wildman–Crippen MR) is 98.9 cm³/mol. The number of amides is 2. The Balaban J connectivity index is 0.00000225. The van der Waals surface area contributed by atoms with Gasteiger partial charge in [-0.05, 0) is 31.5 Å². The summed E-state index contributed by atoms with van der Waals surface area (Å²) in [6.45, 7) is 2.68. The average Bonchev–Trinajstić information content (AvgIpc) is 3.22. The van der Waals surface area contributed by atoms with Gasteiger partial charge >= 0.3 is 0 Å². The third-order valence-corrected chi connectivity index (χ3v) is 4.54. The third-order valence-electron chi connectivity index (χ3n) is 3.79. The maximum absolute atomic E-state index is 12.2. The van der Waals surface area contributed by atoms with Crippen molar-refractivity contribution in [2.24, 2.45) is 0 Å². The van der Waals surface area contributed by atoms with E-state index in [1.165, 1.54) is 18.3 Å². The molecular formula is C16H21ClN4O3S. The first kappa shape index (κ1) is 19.4. The van der Waals surface area contributed by atoms with Gasteiger partial charge in [0.15, 0.2) is 10.9 Å². The zero-order chi connectivity index (χ0) is 16.9. The van der Waals surface area contributed by atoms with Gasteiger partial charge in [0.2, 0.25) is 11.8 Å². The monoisotopic (exact) mass is 384 g/mol. The van der Waals surface area contributed by atoms with Crippen molar-refractivity contribution >= 4 is 40.7 Å². The number of nitrogens with one attached hydrogen (secondary N) is 3. The summed E-state index contributed by atoms with van der Waals surface area (Å²) in [7, 11) is 0. The number of carbonyl (C=O) groups is 2. The van der Waals surface area contributed by atoms with Gasteiger partial charge in [-0.15, -0.1) is 23.7 Å². The van der Waals surface area contributed by atoms with Gasteiger partial charge in [0.05, 0.1) is 12.6 Å². The van der Waals surface area contributed by atoms with Crippen LogP contribution in [0.15, 0.2) is 21.9 Å². The van der Waals surface area contributed by atoms with Crippen molar-refractivity contribution in [1.29, 1.82) is 0 Å². The van der Waals surface area contributed by atoms with E-state index in [0.29, 0.717) is 28.9 Å². The van der Waals surface area contributed by atoms with Crippen LogP contribution in [0.4, 0.5) is 5.13 Å². The van der Waals surface area contributed by atoms with Gasteiger partial charge in [-0.1, -0.05) is 6.42 Å². The minimum atomic E-state index is -0.140. The Morgan fingerprint density at radius 3 is 2.96 bits per heavy atom. The van der Waals surface area contributed by atoms with E-state index in [-0.39, 0.29) is 30.3 Å². The number of furan rings is 1. The summed E-state index contributed by atoms with van der Waals surface area (Å²) < 4.78 is 5.66. The van der Waals surface area contributed by atoms with Crippen molar-refractivity contribution in [3.05, 3.63) is 23.3 Å². The molecule has 1 aliphatic rings. The van der Waals surface area contributed by atoms with E-state index < -0.39 is 0 Å². The summed E-state index contributed by atoms with van der Waals surface area (Å²) in [4.78, 5) is 27.5. The molecule has 2 aromatic heterocycles. The molecule has 0 aliphatic carbocycles. The first-order valence-corrected chi connectivity index (χ1v) is 8.83. The minimum Gasteiger partial charge on any atom is -0.458 e. The van der Waals surface area contributed by atoms with Crippen LogP contribution in [0.25, 0.3) is 11.5 Å². The van der Waals surface area contributed by atoms with Crippen LogP contribution in [0.5, 0.6) is 0 Å². The zero-order valence-corrected chi connectivity index (χ0v) is 15.5. The van der Waals surface area contributed by atoms with Gasteiger partial charge in [0.25, 0.3) is 0 Å². The summed E-state index contributed by atoms with van der Waals surface area (Å²) in [5, 5.41) is 11.1. The van der Waals surface area contributed by atoms with Crippen molar-refractivity contribution in [2.75, 3.05) is 11.9 Å². The number of anilines is 1. The molecule has 1 atom stereocenters. The number of piperidine rings is 1. The van der Waals surface area contributed by atoms with Crippen LogP contribution in [0.2, 0.25) is 0 Å². The van der Waals surface area contributed by atoms with Gasteiger partial charge in [0, 0.05) is 12.3 Å². The smallest absolute Gasteiger partial charge is 0.243 e. The molecule has 0 aromatic carbocycles. The largest absolute Gasteiger partial charge is 0.458 e. The molecule has 1 saturated heterocycles. The van der Waals surface area contributed by atoms with Crippen LogP contribution in [0.1, 0.15) is 31.9 Å². The lowest BCUT2D eigenvalue weighted by molar-refractivity contribution is -0.119. The zero-order valence-electron chi connectivity index (χ0n) is 13.8. The lowest BCUT2D eigenvalue weighted by atomic mass is 10.0. The molecule has 9 heteroatoms. The Morgan fingerprint density at radius 2 is 2.24 bits per heavy atom. The standard InChI is InChI=1S/C16H20N4O3S.ClH/c1-10(21)18-8-11-5-6-14(23-11)13-9-24-16(19-13)20-15(22)12-4-2-3-7-17-12;/h5-6,9,12,17H,2-4,7-8H2,1H3,(H,18,21)(H,19,20,22);1H. The maximum Gasteiger partial charge on any atom is 0.243 e. The molecule has 3 rings (SSSR count). The lowest BCUT2D eigenvalue weighted by Gasteiger charge is -2.21. The summed E-state index contributed by atoms with van der Waals surface area (Å²) in [6, 6.07) is 3.47. The molecule has 136 valence electrons. The highest BCUT2D eigenvalue weighted by atomic mass is 35.5. The van der Waals surface area contributed by atoms with E-state index >= 15 is 0 Å². The first-order chi connectivity index (χ1) is 11.6. The molecule has 2 aromatic rings. The number of hydrogen-bond acceptors (Lipinski definition) is 6. The number of thiazole rings is 1. The summed E-state index contributed by atoms with van der Waals surface area (Å²) in [5.74, 6) is 1.12. The molecule has 0 saturated carbocycles. The molecule has 1 unspecified atom stereocenters. The second-order valence-corrected chi connectivity index (χ2v) is 6.56. The highest BCUT2D eigenvalue weighted by Gasteiger charge is 2.21. The van der Waals surface area contributed by atoms with Gasteiger partial charge < -0.3 is 20.4 Å². The average molecular weight is 385 g/mol. The number of rotatable bonds is 5. The minimum absolute atomic E-state index is 0. The number of carbonyl (C=O) groups excluding carboxylic acids is 2. The van der Waals surface area contributed by atoms with Crippen LogP contribution in [-0.2, 0) is 16.1 Å². The fraction of sp³-hybridized carbons (Fsp3) is 0.438. The Kier molecular flexibility index (Phi) is 6.98. The van der Waals surface area contributed by atoms with Gasteiger partial charge in [-0.25, -0.2) is 4.98 Å². The Hall–Kier alpha value is -1.90. The molecule has 0 bridgehead atoms.